The van der Waals surface area contributed by atoms with Crippen molar-refractivity contribution in [2.75, 3.05) is 23.4 Å². The summed E-state index contributed by atoms with van der Waals surface area (Å²) in [6.45, 7) is 2.64. The summed E-state index contributed by atoms with van der Waals surface area (Å²) >= 11 is 3.63. The average Bonchev–Trinajstić information content (AvgIpc) is 2.79. The Hall–Kier alpha value is -3.43. The van der Waals surface area contributed by atoms with Gasteiger partial charge >= 0.3 is 0 Å². The fourth-order valence-electron chi connectivity index (χ4n) is 3.57. The topological polar surface area (TPSA) is 50.8 Å². The van der Waals surface area contributed by atoms with Gasteiger partial charge in [-0.2, -0.15) is 0 Å². The van der Waals surface area contributed by atoms with Gasteiger partial charge in [-0.3, -0.25) is 9.69 Å². The number of hydrogen-bond donors (Lipinski definition) is 1. The number of carbonyl (C=O) groups is 1. The number of ether oxygens (including phenoxy) is 2. The Morgan fingerprint density at radius 2 is 1.87 bits per heavy atom. The SMILES string of the molecule is C#CCOc1ccc(Br)c([C@@H]2Nc3ccccc3C(=O)N2c2cccc(OCC)c2)c1. The summed E-state index contributed by atoms with van der Waals surface area (Å²) in [6.07, 6.45) is 4.86. The number of anilines is 2. The van der Waals surface area contributed by atoms with Gasteiger partial charge in [0, 0.05) is 21.8 Å². The van der Waals surface area contributed by atoms with Crippen LogP contribution < -0.4 is 19.7 Å². The molecule has 3 aromatic carbocycles. The standard InChI is InChI=1S/C25H21BrN2O3/c1-3-14-31-19-12-13-22(26)21(16-19)24-27-23-11-6-5-10-20(23)25(29)28(24)17-8-7-9-18(15-17)30-4-2/h1,5-13,15-16,24,27H,4,14H2,2H3/t24-/m1/s1. The van der Waals surface area contributed by atoms with Crippen molar-refractivity contribution < 1.29 is 14.3 Å². The van der Waals surface area contributed by atoms with Crippen LogP contribution in [-0.4, -0.2) is 19.1 Å². The number of amides is 1. The highest BCUT2D eigenvalue weighted by molar-refractivity contribution is 9.10. The van der Waals surface area contributed by atoms with Gasteiger partial charge in [-0.1, -0.05) is 40.0 Å². The maximum atomic E-state index is 13.6. The predicted octanol–water partition coefficient (Wildman–Crippen LogP) is 5.63. The van der Waals surface area contributed by atoms with E-state index >= 15 is 0 Å². The highest BCUT2D eigenvalue weighted by Gasteiger charge is 2.35. The van der Waals surface area contributed by atoms with E-state index in [1.54, 1.807) is 4.90 Å². The molecule has 0 fully saturated rings. The first-order valence-corrected chi connectivity index (χ1v) is 10.7. The number of benzene rings is 3. The second-order valence-electron chi connectivity index (χ2n) is 6.87. The monoisotopic (exact) mass is 476 g/mol. The third-order valence-electron chi connectivity index (χ3n) is 4.92. The number of carbonyl (C=O) groups excluding carboxylic acids is 1. The van der Waals surface area contributed by atoms with Gasteiger partial charge in [-0.25, -0.2) is 0 Å². The van der Waals surface area contributed by atoms with E-state index in [1.807, 2.05) is 73.7 Å². The highest BCUT2D eigenvalue weighted by Crippen LogP contribution is 2.40. The van der Waals surface area contributed by atoms with Crippen molar-refractivity contribution in [3.05, 3.63) is 82.3 Å². The predicted molar refractivity (Wildman–Crippen MR) is 126 cm³/mol. The summed E-state index contributed by atoms with van der Waals surface area (Å²) in [6, 6.07) is 20.6. The second kappa shape index (κ2) is 9.15. The molecule has 0 bridgehead atoms. The number of rotatable bonds is 6. The quantitative estimate of drug-likeness (QED) is 0.468. The molecule has 4 rings (SSSR count). The van der Waals surface area contributed by atoms with Crippen LogP contribution in [-0.2, 0) is 0 Å². The lowest BCUT2D eigenvalue weighted by Crippen LogP contribution is -2.43. The molecular formula is C25H21BrN2O3. The molecule has 0 unspecified atom stereocenters. The van der Waals surface area contributed by atoms with Crippen LogP contribution in [0.4, 0.5) is 11.4 Å². The van der Waals surface area contributed by atoms with Gasteiger partial charge in [0.1, 0.15) is 24.3 Å². The van der Waals surface area contributed by atoms with E-state index in [2.05, 4.69) is 27.2 Å². The molecule has 1 N–H and O–H groups in total. The van der Waals surface area contributed by atoms with E-state index in [0.29, 0.717) is 23.7 Å². The Morgan fingerprint density at radius 1 is 1.06 bits per heavy atom. The van der Waals surface area contributed by atoms with Gasteiger partial charge in [-0.05, 0) is 49.4 Å². The Morgan fingerprint density at radius 3 is 2.68 bits per heavy atom. The van der Waals surface area contributed by atoms with Gasteiger partial charge in [-0.15, -0.1) is 6.42 Å². The van der Waals surface area contributed by atoms with Gasteiger partial charge in [0.25, 0.3) is 5.91 Å². The first-order valence-electron chi connectivity index (χ1n) is 9.90. The molecule has 1 atom stereocenters. The minimum absolute atomic E-state index is 0.102. The van der Waals surface area contributed by atoms with Crippen LogP contribution in [0.3, 0.4) is 0 Å². The summed E-state index contributed by atoms with van der Waals surface area (Å²) in [7, 11) is 0. The molecule has 1 aliphatic heterocycles. The van der Waals surface area contributed by atoms with Crippen molar-refractivity contribution in [1.82, 2.24) is 0 Å². The van der Waals surface area contributed by atoms with Gasteiger partial charge in [0.05, 0.1) is 17.9 Å². The summed E-state index contributed by atoms with van der Waals surface area (Å²) in [4.78, 5) is 15.3. The number of fused-ring (bicyclic) bond motifs is 1. The largest absolute Gasteiger partial charge is 0.494 e. The summed E-state index contributed by atoms with van der Waals surface area (Å²) in [5.41, 5.74) is 2.96. The molecule has 0 radical (unpaired) electrons. The minimum Gasteiger partial charge on any atom is -0.494 e. The molecule has 5 nitrogen and oxygen atoms in total. The Balaban J connectivity index is 1.84. The van der Waals surface area contributed by atoms with E-state index in [-0.39, 0.29) is 12.5 Å². The Kier molecular flexibility index (Phi) is 6.15. The maximum absolute atomic E-state index is 13.6. The Labute approximate surface area is 190 Å². The smallest absolute Gasteiger partial charge is 0.262 e. The van der Waals surface area contributed by atoms with Crippen molar-refractivity contribution in [3.63, 3.8) is 0 Å². The second-order valence-corrected chi connectivity index (χ2v) is 7.73. The highest BCUT2D eigenvalue weighted by atomic mass is 79.9. The number of halogens is 1. The van der Waals surface area contributed by atoms with Gasteiger partial charge < -0.3 is 14.8 Å². The minimum atomic E-state index is -0.469. The van der Waals surface area contributed by atoms with Crippen LogP contribution in [0, 0.1) is 12.3 Å². The van der Waals surface area contributed by atoms with Crippen LogP contribution >= 0.6 is 15.9 Å². The third-order valence-corrected chi connectivity index (χ3v) is 5.64. The summed E-state index contributed by atoms with van der Waals surface area (Å²) in [5, 5.41) is 3.51. The Bertz CT molecular complexity index is 1160. The van der Waals surface area contributed by atoms with E-state index < -0.39 is 6.17 Å². The molecule has 1 aliphatic rings. The molecule has 0 spiro atoms. The van der Waals surface area contributed by atoms with Crippen molar-refractivity contribution >= 4 is 33.2 Å². The molecule has 31 heavy (non-hydrogen) atoms. The fraction of sp³-hybridized carbons (Fsp3) is 0.160. The first-order chi connectivity index (χ1) is 15.1. The van der Waals surface area contributed by atoms with E-state index in [9.17, 15) is 4.79 Å². The van der Waals surface area contributed by atoms with Gasteiger partial charge in [0.2, 0.25) is 0 Å². The van der Waals surface area contributed by atoms with Crippen molar-refractivity contribution in [2.24, 2.45) is 0 Å². The molecular weight excluding hydrogens is 456 g/mol. The van der Waals surface area contributed by atoms with Crippen LogP contribution in [0.2, 0.25) is 0 Å². The van der Waals surface area contributed by atoms with Crippen molar-refractivity contribution in [1.29, 1.82) is 0 Å². The van der Waals surface area contributed by atoms with Crippen LogP contribution in [0.15, 0.2) is 71.2 Å². The van der Waals surface area contributed by atoms with Crippen LogP contribution in [0.25, 0.3) is 0 Å². The van der Waals surface area contributed by atoms with Crippen LogP contribution in [0.1, 0.15) is 29.0 Å². The molecule has 0 aromatic heterocycles. The zero-order valence-electron chi connectivity index (χ0n) is 17.0. The summed E-state index contributed by atoms with van der Waals surface area (Å²) < 4.78 is 12.1. The number of nitrogens with one attached hydrogen (secondary N) is 1. The number of para-hydroxylation sites is 1. The molecule has 0 saturated carbocycles. The maximum Gasteiger partial charge on any atom is 0.262 e. The van der Waals surface area contributed by atoms with Gasteiger partial charge in [0.15, 0.2) is 0 Å². The van der Waals surface area contributed by atoms with Crippen molar-refractivity contribution in [3.8, 4) is 23.8 Å². The number of nitrogens with zero attached hydrogens (tertiary/aromatic N) is 1. The molecule has 3 aromatic rings. The van der Waals surface area contributed by atoms with Crippen LogP contribution in [0.5, 0.6) is 11.5 Å². The number of hydrogen-bond acceptors (Lipinski definition) is 4. The molecule has 1 heterocycles. The molecule has 0 aliphatic carbocycles. The van der Waals surface area contributed by atoms with E-state index in [0.717, 1.165) is 21.4 Å². The third kappa shape index (κ3) is 4.23. The van der Waals surface area contributed by atoms with E-state index in [1.165, 1.54) is 0 Å². The lowest BCUT2D eigenvalue weighted by molar-refractivity contribution is 0.0974. The molecule has 6 heteroatoms. The average molecular weight is 477 g/mol. The number of terminal acetylenes is 1. The zero-order chi connectivity index (χ0) is 21.8. The lowest BCUT2D eigenvalue weighted by Gasteiger charge is -2.38. The van der Waals surface area contributed by atoms with E-state index in [4.69, 9.17) is 15.9 Å². The molecule has 1 amide bonds. The normalized spacial score (nSPS) is 14.9. The first kappa shape index (κ1) is 20.8. The zero-order valence-corrected chi connectivity index (χ0v) is 18.6. The fourth-order valence-corrected chi connectivity index (χ4v) is 4.04. The van der Waals surface area contributed by atoms with Crippen molar-refractivity contribution in [2.45, 2.75) is 13.1 Å². The molecule has 0 saturated heterocycles. The lowest BCUT2D eigenvalue weighted by atomic mass is 10.0. The summed E-state index contributed by atoms with van der Waals surface area (Å²) in [5.74, 6) is 3.71. The molecule has 156 valence electrons.